The average molecular weight is 290 g/mol. The predicted molar refractivity (Wildman–Crippen MR) is 78.8 cm³/mol. The third-order valence-corrected chi connectivity index (χ3v) is 3.54. The lowest BCUT2D eigenvalue weighted by Gasteiger charge is -2.10. The van der Waals surface area contributed by atoms with Crippen molar-refractivity contribution in [3.8, 4) is 0 Å². The molecule has 0 radical (unpaired) electrons. The highest BCUT2D eigenvalue weighted by molar-refractivity contribution is 6.20. The molecule has 104 valence electrons. The van der Waals surface area contributed by atoms with E-state index in [1.54, 1.807) is 6.20 Å². The van der Waals surface area contributed by atoms with Crippen LogP contribution in [0.3, 0.4) is 0 Å². The van der Waals surface area contributed by atoms with Crippen molar-refractivity contribution in [3.05, 3.63) is 41.6 Å². The zero-order valence-electron chi connectivity index (χ0n) is 11.7. The summed E-state index contributed by atoms with van der Waals surface area (Å²) in [6.07, 6.45) is 3.64. The molecule has 0 aliphatic carbocycles. The molecule has 0 saturated heterocycles. The van der Waals surface area contributed by atoms with Gasteiger partial charge in [0.25, 0.3) is 0 Å². The highest BCUT2D eigenvalue weighted by Crippen LogP contribution is 2.24. The standard InChI is InChI=1S/C14H16ClN5/c1-9-6-12-14(16-7-9)20(13(18-12)10(2)15)8-11-4-5-17-19(11)3/h4-7,10H,8H2,1-3H3. The Morgan fingerprint density at radius 3 is 2.85 bits per heavy atom. The second-order valence-corrected chi connectivity index (χ2v) is 5.63. The van der Waals surface area contributed by atoms with Crippen LogP contribution in [-0.2, 0) is 13.6 Å². The first-order chi connectivity index (χ1) is 9.56. The van der Waals surface area contributed by atoms with Crippen molar-refractivity contribution in [2.24, 2.45) is 7.05 Å². The number of hydrogen-bond donors (Lipinski definition) is 0. The van der Waals surface area contributed by atoms with E-state index in [2.05, 4.69) is 19.6 Å². The summed E-state index contributed by atoms with van der Waals surface area (Å²) in [5, 5.41) is 4.03. The maximum absolute atomic E-state index is 6.27. The SMILES string of the molecule is Cc1cnc2c(c1)nc(C(C)Cl)n2Cc1ccnn1C. The Morgan fingerprint density at radius 1 is 1.40 bits per heavy atom. The molecule has 0 aromatic carbocycles. The first kappa shape index (κ1) is 13.1. The number of hydrogen-bond acceptors (Lipinski definition) is 3. The number of alkyl halides is 1. The monoisotopic (exact) mass is 289 g/mol. The Morgan fingerprint density at radius 2 is 2.20 bits per heavy atom. The number of rotatable bonds is 3. The molecule has 3 aromatic heterocycles. The fourth-order valence-corrected chi connectivity index (χ4v) is 2.47. The van der Waals surface area contributed by atoms with Gasteiger partial charge in [-0.25, -0.2) is 9.97 Å². The summed E-state index contributed by atoms with van der Waals surface area (Å²) in [7, 11) is 1.93. The molecule has 0 aliphatic rings. The van der Waals surface area contributed by atoms with Gasteiger partial charge in [-0.2, -0.15) is 5.10 Å². The lowest BCUT2D eigenvalue weighted by molar-refractivity contribution is 0.651. The van der Waals surface area contributed by atoms with Crippen LogP contribution in [0.25, 0.3) is 11.2 Å². The Bertz CT molecular complexity index is 756. The Labute approximate surface area is 122 Å². The molecule has 0 bridgehead atoms. The second kappa shape index (κ2) is 4.90. The van der Waals surface area contributed by atoms with Gasteiger partial charge in [0.2, 0.25) is 0 Å². The zero-order chi connectivity index (χ0) is 14.3. The first-order valence-electron chi connectivity index (χ1n) is 6.50. The van der Waals surface area contributed by atoms with Crippen LogP contribution in [0.5, 0.6) is 0 Å². The molecule has 3 aromatic rings. The molecule has 0 aliphatic heterocycles. The normalized spacial score (nSPS) is 13.0. The van der Waals surface area contributed by atoms with Gasteiger partial charge in [-0.1, -0.05) is 0 Å². The number of halogens is 1. The van der Waals surface area contributed by atoms with Crippen LogP contribution < -0.4 is 0 Å². The van der Waals surface area contributed by atoms with E-state index >= 15 is 0 Å². The summed E-state index contributed by atoms with van der Waals surface area (Å²) in [6.45, 7) is 4.60. The third kappa shape index (κ3) is 2.18. The summed E-state index contributed by atoms with van der Waals surface area (Å²) in [5.41, 5.74) is 3.93. The second-order valence-electron chi connectivity index (χ2n) is 4.97. The topological polar surface area (TPSA) is 48.5 Å². The highest BCUT2D eigenvalue weighted by atomic mass is 35.5. The van der Waals surface area contributed by atoms with Crippen molar-refractivity contribution in [2.45, 2.75) is 25.8 Å². The summed E-state index contributed by atoms with van der Waals surface area (Å²) >= 11 is 6.27. The average Bonchev–Trinajstić information content (AvgIpc) is 2.95. The van der Waals surface area contributed by atoms with Crippen LogP contribution in [0.2, 0.25) is 0 Å². The van der Waals surface area contributed by atoms with E-state index in [1.807, 2.05) is 43.9 Å². The number of fused-ring (bicyclic) bond motifs is 1. The van der Waals surface area contributed by atoms with Crippen LogP contribution in [0.15, 0.2) is 24.5 Å². The van der Waals surface area contributed by atoms with Crippen molar-refractivity contribution < 1.29 is 0 Å². The van der Waals surface area contributed by atoms with Crippen molar-refractivity contribution in [1.82, 2.24) is 24.3 Å². The van der Waals surface area contributed by atoms with E-state index in [9.17, 15) is 0 Å². The molecule has 0 fully saturated rings. The van der Waals surface area contributed by atoms with Crippen molar-refractivity contribution in [3.63, 3.8) is 0 Å². The van der Waals surface area contributed by atoms with Gasteiger partial charge in [-0.3, -0.25) is 4.68 Å². The summed E-state index contributed by atoms with van der Waals surface area (Å²) in [4.78, 5) is 9.13. The van der Waals surface area contributed by atoms with E-state index in [-0.39, 0.29) is 5.38 Å². The highest BCUT2D eigenvalue weighted by Gasteiger charge is 2.17. The molecular formula is C14H16ClN5. The summed E-state index contributed by atoms with van der Waals surface area (Å²) in [5.74, 6) is 0.834. The minimum atomic E-state index is -0.169. The summed E-state index contributed by atoms with van der Waals surface area (Å²) < 4.78 is 3.91. The smallest absolute Gasteiger partial charge is 0.160 e. The van der Waals surface area contributed by atoms with Gasteiger partial charge in [0.1, 0.15) is 11.3 Å². The fraction of sp³-hybridized carbons (Fsp3) is 0.357. The first-order valence-corrected chi connectivity index (χ1v) is 6.93. The Kier molecular flexibility index (Phi) is 3.22. The minimum Gasteiger partial charge on any atom is -0.305 e. The van der Waals surface area contributed by atoms with Crippen molar-refractivity contribution >= 4 is 22.8 Å². The van der Waals surface area contributed by atoms with Crippen LogP contribution in [0.4, 0.5) is 0 Å². The van der Waals surface area contributed by atoms with Gasteiger partial charge in [-0.15, -0.1) is 11.6 Å². The van der Waals surface area contributed by atoms with Gasteiger partial charge >= 0.3 is 0 Å². The molecule has 0 saturated carbocycles. The van der Waals surface area contributed by atoms with Gasteiger partial charge in [-0.05, 0) is 31.5 Å². The maximum Gasteiger partial charge on any atom is 0.160 e. The van der Waals surface area contributed by atoms with E-state index < -0.39 is 0 Å². The largest absolute Gasteiger partial charge is 0.305 e. The lowest BCUT2D eigenvalue weighted by Crippen LogP contribution is -2.10. The number of aryl methyl sites for hydroxylation is 2. The van der Waals surface area contributed by atoms with E-state index in [1.165, 1.54) is 0 Å². The van der Waals surface area contributed by atoms with Crippen LogP contribution in [0, 0.1) is 6.92 Å². The number of imidazole rings is 1. The number of pyridine rings is 1. The van der Waals surface area contributed by atoms with Crippen LogP contribution in [0.1, 0.15) is 29.4 Å². The number of aromatic nitrogens is 5. The lowest BCUT2D eigenvalue weighted by atomic mass is 10.3. The third-order valence-electron chi connectivity index (χ3n) is 3.35. The molecule has 1 atom stereocenters. The van der Waals surface area contributed by atoms with Gasteiger partial charge in [0.05, 0.1) is 17.6 Å². The fourth-order valence-electron chi connectivity index (χ4n) is 2.31. The molecular weight excluding hydrogens is 274 g/mol. The molecule has 0 spiro atoms. The summed E-state index contributed by atoms with van der Waals surface area (Å²) in [6, 6.07) is 4.02. The van der Waals surface area contributed by atoms with Crippen molar-refractivity contribution in [1.29, 1.82) is 0 Å². The van der Waals surface area contributed by atoms with Crippen molar-refractivity contribution in [2.75, 3.05) is 0 Å². The van der Waals surface area contributed by atoms with Crippen LogP contribution in [-0.4, -0.2) is 24.3 Å². The molecule has 6 heteroatoms. The molecule has 3 rings (SSSR count). The Hall–Kier alpha value is -1.88. The van der Waals surface area contributed by atoms with E-state index in [4.69, 9.17) is 11.6 Å². The Balaban J connectivity index is 2.16. The molecule has 5 nitrogen and oxygen atoms in total. The zero-order valence-corrected chi connectivity index (χ0v) is 12.5. The van der Waals surface area contributed by atoms with Crippen LogP contribution >= 0.6 is 11.6 Å². The van der Waals surface area contributed by atoms with E-state index in [0.29, 0.717) is 6.54 Å². The molecule has 0 amide bonds. The quantitative estimate of drug-likeness (QED) is 0.697. The molecule has 20 heavy (non-hydrogen) atoms. The van der Waals surface area contributed by atoms with Gasteiger partial charge < -0.3 is 4.57 Å². The predicted octanol–water partition coefficient (Wildman–Crippen LogP) is 2.82. The number of nitrogens with zero attached hydrogens (tertiary/aromatic N) is 5. The molecule has 0 N–H and O–H groups in total. The minimum absolute atomic E-state index is 0.169. The van der Waals surface area contributed by atoms with Gasteiger partial charge in [0, 0.05) is 19.4 Å². The van der Waals surface area contributed by atoms with E-state index in [0.717, 1.165) is 28.2 Å². The molecule has 1 unspecified atom stereocenters. The molecule has 3 heterocycles. The van der Waals surface area contributed by atoms with Gasteiger partial charge in [0.15, 0.2) is 5.65 Å². The maximum atomic E-state index is 6.27.